The van der Waals surface area contributed by atoms with Gasteiger partial charge in [0.15, 0.2) is 11.7 Å². The molecule has 6 rings (SSSR count). The van der Waals surface area contributed by atoms with E-state index in [1.54, 1.807) is 12.4 Å². The molecule has 112 valence electrons. The first kappa shape index (κ1) is 12.6. The topological polar surface area (TPSA) is 29.7 Å². The van der Waals surface area contributed by atoms with E-state index >= 15 is 0 Å². The molecule has 0 N–H and O–H groups in total. The van der Waals surface area contributed by atoms with Crippen molar-refractivity contribution in [3.63, 3.8) is 0 Å². The number of pyridine rings is 1. The van der Waals surface area contributed by atoms with Gasteiger partial charge >= 0.3 is 5.65 Å². The van der Waals surface area contributed by atoms with Crippen molar-refractivity contribution in [1.82, 2.24) is 9.97 Å². The van der Waals surface area contributed by atoms with E-state index in [-0.39, 0.29) is 0 Å². The van der Waals surface area contributed by atoms with E-state index in [0.717, 1.165) is 17.7 Å². The van der Waals surface area contributed by atoms with E-state index in [4.69, 9.17) is 0 Å². The van der Waals surface area contributed by atoms with E-state index in [2.05, 4.69) is 63.1 Å². The summed E-state index contributed by atoms with van der Waals surface area (Å²) in [6, 6.07) is 17.6. The molecular weight excluding hydrogens is 314 g/mol. The van der Waals surface area contributed by atoms with Crippen LogP contribution in [0.5, 0.6) is 0 Å². The fraction of sp³-hybridized carbons (Fsp3) is 0.0500. The van der Waals surface area contributed by atoms with Gasteiger partial charge < -0.3 is 0 Å². The highest BCUT2D eigenvalue weighted by atomic mass is 32.1. The van der Waals surface area contributed by atoms with Gasteiger partial charge in [0.05, 0.1) is 6.20 Å². The van der Waals surface area contributed by atoms with E-state index < -0.39 is 0 Å². The third-order valence-corrected chi connectivity index (χ3v) is 5.99. The number of benzene rings is 2. The lowest BCUT2D eigenvalue weighted by atomic mass is 10.0. The summed E-state index contributed by atoms with van der Waals surface area (Å²) in [5.41, 5.74) is 5.82. The molecule has 1 aliphatic rings. The monoisotopic (exact) mass is 326 g/mol. The third kappa shape index (κ3) is 1.53. The molecule has 0 spiro atoms. The molecule has 4 heteroatoms. The van der Waals surface area contributed by atoms with E-state index in [1.165, 1.54) is 37.0 Å². The van der Waals surface area contributed by atoms with Crippen LogP contribution < -0.4 is 4.57 Å². The molecule has 0 unspecified atom stereocenters. The summed E-state index contributed by atoms with van der Waals surface area (Å²) in [7, 11) is 0. The van der Waals surface area contributed by atoms with Crippen LogP contribution in [-0.2, 0) is 6.54 Å². The Kier molecular flexibility index (Phi) is 2.28. The maximum atomic E-state index is 4.55. The van der Waals surface area contributed by atoms with Gasteiger partial charge in [-0.1, -0.05) is 18.2 Å². The Morgan fingerprint density at radius 2 is 1.79 bits per heavy atom. The van der Waals surface area contributed by atoms with Gasteiger partial charge in [-0.25, -0.2) is 9.55 Å². The van der Waals surface area contributed by atoms with Crippen LogP contribution >= 0.6 is 11.3 Å². The highest BCUT2D eigenvalue weighted by molar-refractivity contribution is 7.25. The summed E-state index contributed by atoms with van der Waals surface area (Å²) < 4.78 is 4.98. The molecule has 3 aromatic heterocycles. The van der Waals surface area contributed by atoms with Crippen molar-refractivity contribution in [2.24, 2.45) is 0 Å². The second-order valence-electron chi connectivity index (χ2n) is 6.17. The first-order valence-electron chi connectivity index (χ1n) is 7.96. The molecule has 0 radical (unpaired) electrons. The van der Waals surface area contributed by atoms with Crippen LogP contribution in [0.1, 0.15) is 5.56 Å². The van der Waals surface area contributed by atoms with Crippen molar-refractivity contribution in [3.8, 4) is 11.3 Å². The molecule has 2 aromatic carbocycles. The lowest BCUT2D eigenvalue weighted by molar-refractivity contribution is -0.647. The Hall–Kier alpha value is -2.85. The number of rotatable bonds is 0. The van der Waals surface area contributed by atoms with E-state index in [1.807, 2.05) is 11.3 Å². The second-order valence-corrected chi connectivity index (χ2v) is 7.26. The van der Waals surface area contributed by atoms with Crippen molar-refractivity contribution in [3.05, 3.63) is 66.5 Å². The first-order chi connectivity index (χ1) is 11.9. The molecule has 0 amide bonds. The van der Waals surface area contributed by atoms with Gasteiger partial charge in [0.2, 0.25) is 0 Å². The van der Waals surface area contributed by atoms with Crippen molar-refractivity contribution in [2.75, 3.05) is 0 Å². The largest absolute Gasteiger partial charge is 0.349 e. The summed E-state index contributed by atoms with van der Waals surface area (Å²) in [4.78, 5) is 8.97. The number of nitrogens with zero attached hydrogens (tertiary/aromatic N) is 3. The minimum absolute atomic E-state index is 0.862. The van der Waals surface area contributed by atoms with Gasteiger partial charge in [-0.15, -0.1) is 11.3 Å². The molecule has 24 heavy (non-hydrogen) atoms. The zero-order chi connectivity index (χ0) is 15.7. The van der Waals surface area contributed by atoms with Gasteiger partial charge in [0, 0.05) is 31.3 Å². The molecule has 5 aromatic rings. The van der Waals surface area contributed by atoms with Gasteiger partial charge in [-0.05, 0) is 35.3 Å². The number of thiophene rings is 1. The lowest BCUT2D eigenvalue weighted by Gasteiger charge is -1.99. The molecule has 0 aliphatic carbocycles. The first-order valence-corrected chi connectivity index (χ1v) is 8.78. The molecule has 0 bridgehead atoms. The van der Waals surface area contributed by atoms with Crippen molar-refractivity contribution >= 4 is 42.7 Å². The van der Waals surface area contributed by atoms with Crippen LogP contribution in [0.25, 0.3) is 42.6 Å². The number of hydrogen-bond donors (Lipinski definition) is 0. The average molecular weight is 326 g/mol. The van der Waals surface area contributed by atoms with Crippen LogP contribution in [0.15, 0.2) is 60.9 Å². The van der Waals surface area contributed by atoms with Crippen LogP contribution in [0.3, 0.4) is 0 Å². The molecule has 4 heterocycles. The van der Waals surface area contributed by atoms with Crippen molar-refractivity contribution < 1.29 is 4.57 Å². The molecule has 0 saturated carbocycles. The molecule has 0 saturated heterocycles. The Bertz CT molecular complexity index is 1290. The predicted molar refractivity (Wildman–Crippen MR) is 97.2 cm³/mol. The van der Waals surface area contributed by atoms with Crippen LogP contribution in [0.2, 0.25) is 0 Å². The zero-order valence-corrected chi connectivity index (χ0v) is 13.5. The molecule has 0 fully saturated rings. The van der Waals surface area contributed by atoms with Crippen molar-refractivity contribution in [1.29, 1.82) is 0 Å². The smallest absolute Gasteiger partial charge is 0.244 e. The van der Waals surface area contributed by atoms with E-state index in [0.29, 0.717) is 0 Å². The number of fused-ring (bicyclic) bond motifs is 8. The molecule has 1 aliphatic heterocycles. The van der Waals surface area contributed by atoms with Gasteiger partial charge in [-0.2, -0.15) is 0 Å². The Morgan fingerprint density at radius 1 is 0.875 bits per heavy atom. The van der Waals surface area contributed by atoms with Gasteiger partial charge in [0.25, 0.3) is 0 Å². The Labute approximate surface area is 141 Å². The van der Waals surface area contributed by atoms with Crippen LogP contribution in [0, 0.1) is 0 Å². The highest BCUT2D eigenvalue weighted by Crippen LogP contribution is 2.39. The Balaban J connectivity index is 1.69. The fourth-order valence-corrected chi connectivity index (χ4v) is 4.91. The quantitative estimate of drug-likeness (QED) is 0.389. The summed E-state index contributed by atoms with van der Waals surface area (Å²) >= 11 is 1.87. The second kappa shape index (κ2) is 4.36. The van der Waals surface area contributed by atoms with Crippen LogP contribution in [0.4, 0.5) is 0 Å². The fourth-order valence-electron chi connectivity index (χ4n) is 3.78. The third-order valence-electron chi connectivity index (χ3n) is 4.86. The minimum atomic E-state index is 0.862. The van der Waals surface area contributed by atoms with Gasteiger partial charge in [-0.3, -0.25) is 0 Å². The average Bonchev–Trinajstić information content (AvgIpc) is 3.17. The normalized spacial score (nSPS) is 12.8. The maximum Gasteiger partial charge on any atom is 0.349 e. The SMILES string of the molecule is c1ccc2c(c1)sc1cc3c(cc12)C[n+]1c-3ccc2nccnc21. The van der Waals surface area contributed by atoms with Crippen LogP contribution in [-0.4, -0.2) is 9.97 Å². The summed E-state index contributed by atoms with van der Waals surface area (Å²) in [5.74, 6) is 0. The maximum absolute atomic E-state index is 4.55. The van der Waals surface area contributed by atoms with Crippen molar-refractivity contribution in [2.45, 2.75) is 6.54 Å². The standard InChI is InChI=1S/C20H12N3S/c1-2-4-18-13(3-1)15-9-12-11-23-17(14(12)10-19(15)24-18)6-5-16-20(23)22-8-7-21-16/h1-10H,11H2/q+1. The molecular formula is C20H12N3S+. The highest BCUT2D eigenvalue weighted by Gasteiger charge is 2.27. The summed E-state index contributed by atoms with van der Waals surface area (Å²) in [6.07, 6.45) is 3.52. The zero-order valence-electron chi connectivity index (χ0n) is 12.7. The lowest BCUT2D eigenvalue weighted by Crippen LogP contribution is -2.34. The van der Waals surface area contributed by atoms with Gasteiger partial charge in [0.1, 0.15) is 12.2 Å². The Morgan fingerprint density at radius 3 is 2.79 bits per heavy atom. The number of hydrogen-bond acceptors (Lipinski definition) is 3. The summed E-state index contributed by atoms with van der Waals surface area (Å²) in [6.45, 7) is 0.862. The number of aromatic nitrogens is 3. The predicted octanol–water partition coefficient (Wildman–Crippen LogP) is 4.31. The summed E-state index contributed by atoms with van der Waals surface area (Å²) in [5, 5.41) is 2.71. The molecule has 3 nitrogen and oxygen atoms in total. The van der Waals surface area contributed by atoms with E-state index in [9.17, 15) is 0 Å². The minimum Gasteiger partial charge on any atom is -0.244 e. The molecule has 0 atom stereocenters.